The molecule has 0 amide bonds. The maximum Gasteiger partial charge on any atom is 0.109 e. The second-order valence-corrected chi connectivity index (χ2v) is 3.46. The highest BCUT2D eigenvalue weighted by atomic mass is 16.5. The minimum absolute atomic E-state index is 0.164. The van der Waals surface area contributed by atoms with Crippen molar-refractivity contribution in [2.45, 2.75) is 31.7 Å². The first-order chi connectivity index (χ1) is 6.20. The van der Waals surface area contributed by atoms with E-state index in [1.54, 1.807) is 7.11 Å². The fourth-order valence-corrected chi connectivity index (χ4v) is 1.71. The van der Waals surface area contributed by atoms with Gasteiger partial charge in [-0.25, -0.2) is 0 Å². The third-order valence-electron chi connectivity index (χ3n) is 2.61. The summed E-state index contributed by atoms with van der Waals surface area (Å²) in [5.41, 5.74) is 0. The molecule has 4 atom stereocenters. The van der Waals surface area contributed by atoms with Gasteiger partial charge in [-0.05, 0) is 6.42 Å². The summed E-state index contributed by atoms with van der Waals surface area (Å²) < 4.78 is 10.4. The standard InChI is InChI=1S/C9H18O4/c1-3-6-4-13-5-7(10)8(11)9(6)12-2/h6-11H,3-5H2,1-2H3. The first-order valence-corrected chi connectivity index (χ1v) is 4.67. The third kappa shape index (κ3) is 2.40. The summed E-state index contributed by atoms with van der Waals surface area (Å²) in [7, 11) is 1.55. The lowest BCUT2D eigenvalue weighted by Gasteiger charge is -2.27. The molecule has 0 aromatic heterocycles. The van der Waals surface area contributed by atoms with Crippen LogP contribution in [0, 0.1) is 5.92 Å². The first-order valence-electron chi connectivity index (χ1n) is 4.67. The molecular formula is C9H18O4. The smallest absolute Gasteiger partial charge is 0.109 e. The number of aliphatic hydroxyl groups is 2. The number of hydrogen-bond acceptors (Lipinski definition) is 4. The average Bonchev–Trinajstić information content (AvgIpc) is 2.27. The second kappa shape index (κ2) is 4.91. The zero-order chi connectivity index (χ0) is 9.84. The summed E-state index contributed by atoms with van der Waals surface area (Å²) in [6.07, 6.45) is -1.11. The van der Waals surface area contributed by atoms with E-state index in [1.807, 2.05) is 6.92 Å². The fourth-order valence-electron chi connectivity index (χ4n) is 1.71. The zero-order valence-electron chi connectivity index (χ0n) is 8.14. The Labute approximate surface area is 78.5 Å². The van der Waals surface area contributed by atoms with Crippen LogP contribution in [0.2, 0.25) is 0 Å². The van der Waals surface area contributed by atoms with Crippen LogP contribution in [0.3, 0.4) is 0 Å². The van der Waals surface area contributed by atoms with E-state index in [-0.39, 0.29) is 18.6 Å². The molecule has 4 heteroatoms. The van der Waals surface area contributed by atoms with Crippen LogP contribution in [-0.2, 0) is 9.47 Å². The molecule has 1 fully saturated rings. The third-order valence-corrected chi connectivity index (χ3v) is 2.61. The summed E-state index contributed by atoms with van der Waals surface area (Å²) in [5, 5.41) is 19.1. The Kier molecular flexibility index (Phi) is 4.12. The monoisotopic (exact) mass is 190 g/mol. The van der Waals surface area contributed by atoms with Crippen LogP contribution in [0.1, 0.15) is 13.3 Å². The number of methoxy groups -OCH3 is 1. The van der Waals surface area contributed by atoms with Crippen LogP contribution in [0.25, 0.3) is 0 Å². The molecule has 0 aliphatic carbocycles. The predicted molar refractivity (Wildman–Crippen MR) is 47.4 cm³/mol. The molecule has 0 aromatic carbocycles. The molecule has 1 aliphatic heterocycles. The number of aliphatic hydroxyl groups excluding tert-OH is 2. The van der Waals surface area contributed by atoms with Crippen molar-refractivity contribution in [3.63, 3.8) is 0 Å². The number of hydrogen-bond donors (Lipinski definition) is 2. The van der Waals surface area contributed by atoms with Crippen molar-refractivity contribution in [1.82, 2.24) is 0 Å². The van der Waals surface area contributed by atoms with Crippen molar-refractivity contribution in [2.75, 3.05) is 20.3 Å². The highest BCUT2D eigenvalue weighted by Gasteiger charge is 2.35. The second-order valence-electron chi connectivity index (χ2n) is 3.46. The largest absolute Gasteiger partial charge is 0.388 e. The van der Waals surface area contributed by atoms with Gasteiger partial charge in [0.15, 0.2) is 0 Å². The summed E-state index contributed by atoms with van der Waals surface area (Å²) in [4.78, 5) is 0. The van der Waals surface area contributed by atoms with Crippen molar-refractivity contribution in [2.24, 2.45) is 5.92 Å². The van der Waals surface area contributed by atoms with E-state index >= 15 is 0 Å². The van der Waals surface area contributed by atoms with Crippen LogP contribution >= 0.6 is 0 Å². The molecular weight excluding hydrogens is 172 g/mol. The lowest BCUT2D eigenvalue weighted by atomic mass is 9.94. The van der Waals surface area contributed by atoms with Crippen molar-refractivity contribution < 1.29 is 19.7 Å². The topological polar surface area (TPSA) is 58.9 Å². The Morgan fingerprint density at radius 3 is 2.62 bits per heavy atom. The van der Waals surface area contributed by atoms with E-state index in [0.717, 1.165) is 6.42 Å². The Morgan fingerprint density at radius 1 is 1.38 bits per heavy atom. The van der Waals surface area contributed by atoms with Crippen molar-refractivity contribution >= 4 is 0 Å². The maximum atomic E-state index is 9.66. The molecule has 1 aliphatic rings. The Morgan fingerprint density at radius 2 is 2.08 bits per heavy atom. The molecule has 4 unspecified atom stereocenters. The SMILES string of the molecule is CCC1COCC(O)C(O)C1OC. The molecule has 0 spiro atoms. The van der Waals surface area contributed by atoms with Gasteiger partial charge >= 0.3 is 0 Å². The van der Waals surface area contributed by atoms with Gasteiger partial charge in [-0.2, -0.15) is 0 Å². The summed E-state index contributed by atoms with van der Waals surface area (Å²) in [6.45, 7) is 2.76. The Bertz CT molecular complexity index is 149. The lowest BCUT2D eigenvalue weighted by Crippen LogP contribution is -2.42. The predicted octanol–water partition coefficient (Wildman–Crippen LogP) is -0.220. The molecule has 0 bridgehead atoms. The molecule has 78 valence electrons. The molecule has 0 saturated carbocycles. The molecule has 0 radical (unpaired) electrons. The van der Waals surface area contributed by atoms with Gasteiger partial charge in [-0.3, -0.25) is 0 Å². The Balaban J connectivity index is 2.66. The number of ether oxygens (including phenoxy) is 2. The minimum Gasteiger partial charge on any atom is -0.388 e. The quantitative estimate of drug-likeness (QED) is 0.632. The zero-order valence-corrected chi connectivity index (χ0v) is 8.14. The average molecular weight is 190 g/mol. The molecule has 1 saturated heterocycles. The van der Waals surface area contributed by atoms with Gasteiger partial charge in [0.05, 0.1) is 19.3 Å². The normalized spacial score (nSPS) is 41.5. The van der Waals surface area contributed by atoms with Crippen molar-refractivity contribution in [3.05, 3.63) is 0 Å². The van der Waals surface area contributed by atoms with Gasteiger partial charge in [0.25, 0.3) is 0 Å². The van der Waals surface area contributed by atoms with E-state index in [2.05, 4.69) is 0 Å². The Hall–Kier alpha value is -0.160. The van der Waals surface area contributed by atoms with Crippen LogP contribution in [-0.4, -0.2) is 48.8 Å². The van der Waals surface area contributed by atoms with Gasteiger partial charge in [-0.1, -0.05) is 6.92 Å². The van der Waals surface area contributed by atoms with E-state index in [9.17, 15) is 10.2 Å². The van der Waals surface area contributed by atoms with Gasteiger partial charge in [0, 0.05) is 13.0 Å². The van der Waals surface area contributed by atoms with Gasteiger partial charge in [0.2, 0.25) is 0 Å². The highest BCUT2D eigenvalue weighted by Crippen LogP contribution is 2.21. The molecule has 1 rings (SSSR count). The summed E-state index contributed by atoms with van der Waals surface area (Å²) in [6, 6.07) is 0. The van der Waals surface area contributed by atoms with Crippen LogP contribution in [0.4, 0.5) is 0 Å². The van der Waals surface area contributed by atoms with Gasteiger partial charge in [0.1, 0.15) is 12.2 Å². The molecule has 0 aromatic rings. The van der Waals surface area contributed by atoms with Crippen molar-refractivity contribution in [1.29, 1.82) is 0 Å². The maximum absolute atomic E-state index is 9.66. The summed E-state index contributed by atoms with van der Waals surface area (Å²) >= 11 is 0. The van der Waals surface area contributed by atoms with Gasteiger partial charge < -0.3 is 19.7 Å². The van der Waals surface area contributed by atoms with E-state index in [4.69, 9.17) is 9.47 Å². The lowest BCUT2D eigenvalue weighted by molar-refractivity contribution is -0.0873. The first kappa shape index (κ1) is 10.9. The fraction of sp³-hybridized carbons (Fsp3) is 1.00. The van der Waals surface area contributed by atoms with Crippen LogP contribution in [0.15, 0.2) is 0 Å². The molecule has 13 heavy (non-hydrogen) atoms. The summed E-state index contributed by atoms with van der Waals surface area (Å²) in [5.74, 6) is 0.164. The molecule has 4 nitrogen and oxygen atoms in total. The highest BCUT2D eigenvalue weighted by molar-refractivity contribution is 4.84. The van der Waals surface area contributed by atoms with E-state index in [1.165, 1.54) is 0 Å². The molecule has 2 N–H and O–H groups in total. The van der Waals surface area contributed by atoms with Gasteiger partial charge in [-0.15, -0.1) is 0 Å². The minimum atomic E-state index is -0.836. The van der Waals surface area contributed by atoms with E-state index < -0.39 is 12.2 Å². The number of rotatable bonds is 2. The van der Waals surface area contributed by atoms with Crippen LogP contribution < -0.4 is 0 Å². The van der Waals surface area contributed by atoms with Crippen molar-refractivity contribution in [3.8, 4) is 0 Å². The van der Waals surface area contributed by atoms with Crippen LogP contribution in [0.5, 0.6) is 0 Å². The van der Waals surface area contributed by atoms with E-state index in [0.29, 0.717) is 6.61 Å². The molecule has 1 heterocycles.